The van der Waals surface area contributed by atoms with Gasteiger partial charge < -0.3 is 10.1 Å². The van der Waals surface area contributed by atoms with Crippen LogP contribution in [0.3, 0.4) is 0 Å². The molecule has 0 aliphatic heterocycles. The molecular weight excluding hydrogens is 283 g/mol. The van der Waals surface area contributed by atoms with Gasteiger partial charge in [0.15, 0.2) is 5.11 Å². The third kappa shape index (κ3) is 6.05. The summed E-state index contributed by atoms with van der Waals surface area (Å²) in [4.78, 5) is 22.4. The van der Waals surface area contributed by atoms with Gasteiger partial charge in [0.25, 0.3) is 0 Å². The summed E-state index contributed by atoms with van der Waals surface area (Å²) in [5.74, 6) is -1.63. The molecule has 2 N–H and O–H groups in total. The first-order valence-corrected chi connectivity index (χ1v) is 6.14. The fraction of sp³-hybridized carbons (Fsp3) is 0.154. The molecular formula is C13H13FN2O3S. The molecule has 5 nitrogen and oxygen atoms in total. The van der Waals surface area contributed by atoms with Crippen molar-refractivity contribution in [2.75, 3.05) is 11.9 Å². The zero-order valence-electron chi connectivity index (χ0n) is 10.7. The van der Waals surface area contributed by atoms with E-state index >= 15 is 0 Å². The molecule has 0 heterocycles. The minimum absolute atomic E-state index is 0.00545. The van der Waals surface area contributed by atoms with Crippen molar-refractivity contribution >= 4 is 34.9 Å². The maximum absolute atomic E-state index is 12.9. The standard InChI is InChI=1S/C13H13FN2O3S/c1-2-19-12(18)7-6-11(17)16-13(20)15-10-5-3-4-9(14)8-10/h3-8H,2H2,1H3,(H2,15,16,17,20)/b7-6+. The molecule has 1 aromatic carbocycles. The van der Waals surface area contributed by atoms with Gasteiger partial charge in [0, 0.05) is 17.8 Å². The smallest absolute Gasteiger partial charge is 0.330 e. The first kappa shape index (κ1) is 15.8. The van der Waals surface area contributed by atoms with E-state index in [0.29, 0.717) is 5.69 Å². The number of thiocarbonyl (C=S) groups is 1. The van der Waals surface area contributed by atoms with Crippen LogP contribution in [0.4, 0.5) is 10.1 Å². The Morgan fingerprint density at radius 2 is 2.15 bits per heavy atom. The fourth-order valence-electron chi connectivity index (χ4n) is 1.22. The second kappa shape index (κ2) is 8.00. The average Bonchev–Trinajstić information content (AvgIpc) is 2.36. The molecule has 7 heteroatoms. The molecule has 0 atom stereocenters. The Bertz CT molecular complexity index is 546. The second-order valence-electron chi connectivity index (χ2n) is 3.54. The van der Waals surface area contributed by atoms with Gasteiger partial charge in [-0.1, -0.05) is 6.07 Å². The van der Waals surface area contributed by atoms with Gasteiger partial charge in [-0.05, 0) is 37.3 Å². The number of rotatable bonds is 4. The van der Waals surface area contributed by atoms with Crippen molar-refractivity contribution < 1.29 is 18.7 Å². The lowest BCUT2D eigenvalue weighted by Gasteiger charge is -2.07. The summed E-state index contributed by atoms with van der Waals surface area (Å²) in [7, 11) is 0. The van der Waals surface area contributed by atoms with E-state index in [-0.39, 0.29) is 11.7 Å². The van der Waals surface area contributed by atoms with E-state index in [0.717, 1.165) is 12.2 Å². The summed E-state index contributed by atoms with van der Waals surface area (Å²) in [6.45, 7) is 1.88. The van der Waals surface area contributed by atoms with Crippen LogP contribution in [0.5, 0.6) is 0 Å². The van der Waals surface area contributed by atoms with Gasteiger partial charge in [-0.15, -0.1) is 0 Å². The van der Waals surface area contributed by atoms with Crippen molar-refractivity contribution in [2.24, 2.45) is 0 Å². The van der Waals surface area contributed by atoms with Crippen molar-refractivity contribution in [3.63, 3.8) is 0 Å². The lowest BCUT2D eigenvalue weighted by Crippen LogP contribution is -2.33. The number of carbonyl (C=O) groups excluding carboxylic acids is 2. The van der Waals surface area contributed by atoms with Gasteiger partial charge in [-0.3, -0.25) is 10.1 Å². The lowest BCUT2D eigenvalue weighted by molar-refractivity contribution is -0.137. The van der Waals surface area contributed by atoms with Gasteiger partial charge in [0.2, 0.25) is 5.91 Å². The van der Waals surface area contributed by atoms with Crippen molar-refractivity contribution in [1.29, 1.82) is 0 Å². The minimum Gasteiger partial charge on any atom is -0.463 e. The average molecular weight is 296 g/mol. The Balaban J connectivity index is 2.46. The van der Waals surface area contributed by atoms with Crippen LogP contribution in [0.25, 0.3) is 0 Å². The molecule has 0 spiro atoms. The van der Waals surface area contributed by atoms with Crippen molar-refractivity contribution in [2.45, 2.75) is 6.92 Å². The Hall–Kier alpha value is -2.28. The van der Waals surface area contributed by atoms with Gasteiger partial charge in [0.05, 0.1) is 6.61 Å². The van der Waals surface area contributed by atoms with E-state index in [4.69, 9.17) is 12.2 Å². The molecule has 0 aliphatic rings. The highest BCUT2D eigenvalue weighted by molar-refractivity contribution is 7.80. The highest BCUT2D eigenvalue weighted by Crippen LogP contribution is 2.08. The van der Waals surface area contributed by atoms with Gasteiger partial charge in [-0.25, -0.2) is 9.18 Å². The molecule has 1 amide bonds. The summed E-state index contributed by atoms with van der Waals surface area (Å²) in [5, 5.41) is 4.94. The number of amides is 1. The quantitative estimate of drug-likeness (QED) is 0.503. The van der Waals surface area contributed by atoms with Gasteiger partial charge in [0.1, 0.15) is 5.82 Å². The number of hydrogen-bond acceptors (Lipinski definition) is 4. The Morgan fingerprint density at radius 3 is 2.80 bits per heavy atom. The van der Waals surface area contributed by atoms with Gasteiger partial charge >= 0.3 is 5.97 Å². The normalized spacial score (nSPS) is 10.1. The van der Waals surface area contributed by atoms with Crippen LogP contribution >= 0.6 is 12.2 Å². The molecule has 0 saturated carbocycles. The highest BCUT2D eigenvalue weighted by Gasteiger charge is 2.03. The zero-order chi connectivity index (χ0) is 15.0. The monoisotopic (exact) mass is 296 g/mol. The number of anilines is 1. The number of halogens is 1. The summed E-state index contributed by atoms with van der Waals surface area (Å²) >= 11 is 4.87. The Labute approximate surface area is 120 Å². The Morgan fingerprint density at radius 1 is 1.40 bits per heavy atom. The van der Waals surface area contributed by atoms with Crippen LogP contribution in [-0.2, 0) is 14.3 Å². The molecule has 0 unspecified atom stereocenters. The van der Waals surface area contributed by atoms with Crippen LogP contribution in [-0.4, -0.2) is 23.6 Å². The van der Waals surface area contributed by atoms with E-state index < -0.39 is 17.7 Å². The minimum atomic E-state index is -0.619. The first-order chi connectivity index (χ1) is 9.51. The number of ether oxygens (including phenoxy) is 1. The number of hydrogen-bond donors (Lipinski definition) is 2. The largest absolute Gasteiger partial charge is 0.463 e. The molecule has 1 aromatic rings. The maximum atomic E-state index is 12.9. The SMILES string of the molecule is CCOC(=O)/C=C/C(=O)NC(=S)Nc1cccc(F)c1. The molecule has 0 fully saturated rings. The number of nitrogens with one attached hydrogen (secondary N) is 2. The van der Waals surface area contributed by atoms with E-state index in [1.165, 1.54) is 18.2 Å². The van der Waals surface area contributed by atoms with Crippen LogP contribution in [0, 0.1) is 5.82 Å². The topological polar surface area (TPSA) is 67.4 Å². The van der Waals surface area contributed by atoms with Crippen LogP contribution in [0.15, 0.2) is 36.4 Å². The third-order valence-electron chi connectivity index (χ3n) is 1.98. The summed E-state index contributed by atoms with van der Waals surface area (Å²) in [6.07, 6.45) is 1.99. The van der Waals surface area contributed by atoms with E-state index in [2.05, 4.69) is 15.4 Å². The number of benzene rings is 1. The maximum Gasteiger partial charge on any atom is 0.330 e. The molecule has 1 rings (SSSR count). The number of carbonyl (C=O) groups is 2. The fourth-order valence-corrected chi connectivity index (χ4v) is 1.43. The van der Waals surface area contributed by atoms with Crippen LogP contribution in [0.1, 0.15) is 6.92 Å². The van der Waals surface area contributed by atoms with Crippen LogP contribution in [0.2, 0.25) is 0 Å². The zero-order valence-corrected chi connectivity index (χ0v) is 11.5. The van der Waals surface area contributed by atoms with Crippen molar-refractivity contribution in [3.05, 3.63) is 42.2 Å². The molecule has 20 heavy (non-hydrogen) atoms. The van der Waals surface area contributed by atoms with Crippen molar-refractivity contribution in [3.8, 4) is 0 Å². The van der Waals surface area contributed by atoms with Gasteiger partial charge in [-0.2, -0.15) is 0 Å². The highest BCUT2D eigenvalue weighted by atomic mass is 32.1. The molecule has 0 aliphatic carbocycles. The van der Waals surface area contributed by atoms with Crippen molar-refractivity contribution in [1.82, 2.24) is 5.32 Å². The predicted octanol–water partition coefficient (Wildman–Crippen LogP) is 1.76. The summed E-state index contributed by atoms with van der Waals surface area (Å²) < 4.78 is 17.5. The first-order valence-electron chi connectivity index (χ1n) is 5.73. The third-order valence-corrected chi connectivity index (χ3v) is 2.18. The number of esters is 1. The molecule has 0 saturated heterocycles. The molecule has 0 bridgehead atoms. The van der Waals surface area contributed by atoms with E-state index in [1.54, 1.807) is 13.0 Å². The summed E-state index contributed by atoms with van der Waals surface area (Å²) in [5.41, 5.74) is 0.407. The molecule has 0 aromatic heterocycles. The predicted molar refractivity (Wildman–Crippen MR) is 76.5 cm³/mol. The van der Waals surface area contributed by atoms with E-state index in [1.807, 2.05) is 0 Å². The Kier molecular flexibility index (Phi) is 6.31. The molecule has 106 valence electrons. The second-order valence-corrected chi connectivity index (χ2v) is 3.95. The van der Waals surface area contributed by atoms with E-state index in [9.17, 15) is 14.0 Å². The lowest BCUT2D eigenvalue weighted by atomic mass is 10.3. The molecule has 0 radical (unpaired) electrons. The van der Waals surface area contributed by atoms with Crippen LogP contribution < -0.4 is 10.6 Å². The summed E-state index contributed by atoms with van der Waals surface area (Å²) in [6, 6.07) is 5.61.